The van der Waals surface area contributed by atoms with Gasteiger partial charge in [-0.3, -0.25) is 0 Å². The highest BCUT2D eigenvalue weighted by Crippen LogP contribution is 2.40. The molecule has 0 radical (unpaired) electrons. The number of piperidine rings is 1. The quantitative estimate of drug-likeness (QED) is 0.650. The Balaban J connectivity index is 2.11. The van der Waals surface area contributed by atoms with Gasteiger partial charge in [0.2, 0.25) is 0 Å². The zero-order chi connectivity index (χ0) is 9.54. The number of phenols is 1. The first-order valence-electron chi connectivity index (χ1n) is 5.36. The van der Waals surface area contributed by atoms with E-state index in [0.29, 0.717) is 11.7 Å². The van der Waals surface area contributed by atoms with E-state index in [1.165, 1.54) is 17.5 Å². The molecule has 74 valence electrons. The van der Waals surface area contributed by atoms with Crippen molar-refractivity contribution >= 4 is 0 Å². The molecule has 1 saturated heterocycles. The molecule has 0 spiro atoms. The number of hydrogen-bond donors (Lipinski definition) is 2. The summed E-state index contributed by atoms with van der Waals surface area (Å²) in [6, 6.07) is 5.94. The molecular weight excluding hydrogens is 174 g/mol. The maximum atomic E-state index is 9.84. The van der Waals surface area contributed by atoms with Gasteiger partial charge in [-0.25, -0.2) is 0 Å². The van der Waals surface area contributed by atoms with Gasteiger partial charge in [0.1, 0.15) is 5.75 Å². The highest BCUT2D eigenvalue weighted by Gasteiger charge is 2.31. The van der Waals surface area contributed by atoms with Crippen molar-refractivity contribution in [1.82, 2.24) is 5.32 Å². The number of benzene rings is 1. The predicted octanol–water partition coefficient (Wildman–Crippen LogP) is 1.64. The molecule has 1 aliphatic carbocycles. The number of nitrogens with one attached hydrogen (secondary N) is 1. The third kappa shape index (κ3) is 1.14. The van der Waals surface area contributed by atoms with Gasteiger partial charge in [0, 0.05) is 18.0 Å². The van der Waals surface area contributed by atoms with Crippen LogP contribution in [-0.4, -0.2) is 18.2 Å². The zero-order valence-corrected chi connectivity index (χ0v) is 8.16. The Kier molecular flexibility index (Phi) is 1.77. The molecule has 2 unspecified atom stereocenters. The SMILES string of the molecule is Oc1cccc2c1C1CNCC(C2)C1. The van der Waals surface area contributed by atoms with Gasteiger partial charge < -0.3 is 10.4 Å². The smallest absolute Gasteiger partial charge is 0.119 e. The summed E-state index contributed by atoms with van der Waals surface area (Å²) in [7, 11) is 0. The average molecular weight is 189 g/mol. The molecule has 1 aromatic rings. The second-order valence-electron chi connectivity index (χ2n) is 4.51. The Morgan fingerprint density at radius 1 is 1.29 bits per heavy atom. The van der Waals surface area contributed by atoms with Crippen molar-refractivity contribution in [2.75, 3.05) is 13.1 Å². The van der Waals surface area contributed by atoms with Crippen LogP contribution in [0.2, 0.25) is 0 Å². The fourth-order valence-corrected chi connectivity index (χ4v) is 2.97. The number of aromatic hydroxyl groups is 1. The van der Waals surface area contributed by atoms with Gasteiger partial charge in [0.25, 0.3) is 0 Å². The van der Waals surface area contributed by atoms with Crippen LogP contribution in [0, 0.1) is 5.92 Å². The van der Waals surface area contributed by atoms with Gasteiger partial charge in [0.05, 0.1) is 0 Å². The maximum Gasteiger partial charge on any atom is 0.119 e. The summed E-state index contributed by atoms with van der Waals surface area (Å²) >= 11 is 0. The molecule has 2 aliphatic rings. The maximum absolute atomic E-state index is 9.84. The van der Waals surface area contributed by atoms with Gasteiger partial charge in [0.15, 0.2) is 0 Å². The summed E-state index contributed by atoms with van der Waals surface area (Å²) in [6.45, 7) is 2.17. The molecular formula is C12H15NO. The minimum atomic E-state index is 0.495. The summed E-state index contributed by atoms with van der Waals surface area (Å²) in [4.78, 5) is 0. The van der Waals surface area contributed by atoms with E-state index in [0.717, 1.165) is 25.4 Å². The Labute approximate surface area is 84.0 Å². The number of phenolic OH excluding ortho intramolecular Hbond substituents is 1. The van der Waals surface area contributed by atoms with Crippen LogP contribution in [0.25, 0.3) is 0 Å². The normalized spacial score (nSPS) is 29.7. The Morgan fingerprint density at radius 2 is 2.21 bits per heavy atom. The van der Waals surface area contributed by atoms with Crippen molar-refractivity contribution < 1.29 is 5.11 Å². The van der Waals surface area contributed by atoms with Crippen LogP contribution in [0.5, 0.6) is 5.75 Å². The third-order valence-corrected chi connectivity index (χ3v) is 3.53. The summed E-state index contributed by atoms with van der Waals surface area (Å²) in [5, 5.41) is 13.3. The molecule has 1 aliphatic heterocycles. The summed E-state index contributed by atoms with van der Waals surface area (Å²) in [5.41, 5.74) is 2.57. The monoisotopic (exact) mass is 189 g/mol. The highest BCUT2D eigenvalue weighted by atomic mass is 16.3. The van der Waals surface area contributed by atoms with Crippen LogP contribution in [0.4, 0.5) is 0 Å². The van der Waals surface area contributed by atoms with E-state index in [4.69, 9.17) is 0 Å². The molecule has 0 aromatic heterocycles. The Bertz CT molecular complexity index is 361. The van der Waals surface area contributed by atoms with Crippen LogP contribution in [-0.2, 0) is 6.42 Å². The van der Waals surface area contributed by atoms with Crippen LogP contribution in [0.15, 0.2) is 18.2 Å². The molecule has 1 fully saturated rings. The largest absolute Gasteiger partial charge is 0.508 e. The van der Waals surface area contributed by atoms with Crippen molar-refractivity contribution in [3.05, 3.63) is 29.3 Å². The second kappa shape index (κ2) is 2.99. The third-order valence-electron chi connectivity index (χ3n) is 3.53. The topological polar surface area (TPSA) is 32.3 Å². The second-order valence-corrected chi connectivity index (χ2v) is 4.51. The highest BCUT2D eigenvalue weighted by molar-refractivity contribution is 5.44. The standard InChI is InChI=1S/C12H15NO/c14-11-3-1-2-9-4-8-5-10(12(9)11)7-13-6-8/h1-3,8,10,13-14H,4-7H2. The van der Waals surface area contributed by atoms with Gasteiger partial charge in [-0.05, 0) is 36.9 Å². The predicted molar refractivity (Wildman–Crippen MR) is 55.5 cm³/mol. The molecule has 2 atom stereocenters. The lowest BCUT2D eigenvalue weighted by atomic mass is 9.74. The molecule has 2 N–H and O–H groups in total. The molecule has 2 nitrogen and oxygen atoms in total. The van der Waals surface area contributed by atoms with Crippen molar-refractivity contribution in [1.29, 1.82) is 0 Å². The lowest BCUT2D eigenvalue weighted by Crippen LogP contribution is -2.39. The van der Waals surface area contributed by atoms with E-state index in [1.54, 1.807) is 0 Å². The minimum Gasteiger partial charge on any atom is -0.508 e. The Morgan fingerprint density at radius 3 is 3.14 bits per heavy atom. The van der Waals surface area contributed by atoms with E-state index in [9.17, 15) is 5.11 Å². The van der Waals surface area contributed by atoms with Gasteiger partial charge >= 0.3 is 0 Å². The lowest BCUT2D eigenvalue weighted by Gasteiger charge is -2.36. The molecule has 1 aromatic carbocycles. The average Bonchev–Trinajstić information content (AvgIpc) is 2.17. The van der Waals surface area contributed by atoms with Crippen molar-refractivity contribution in [3.63, 3.8) is 0 Å². The lowest BCUT2D eigenvalue weighted by molar-refractivity contribution is 0.310. The molecule has 2 bridgehead atoms. The first-order valence-corrected chi connectivity index (χ1v) is 5.36. The first-order chi connectivity index (χ1) is 6.84. The van der Waals surface area contributed by atoms with E-state index >= 15 is 0 Å². The molecule has 2 heteroatoms. The van der Waals surface area contributed by atoms with E-state index in [2.05, 4.69) is 11.4 Å². The van der Waals surface area contributed by atoms with Crippen molar-refractivity contribution in [2.45, 2.75) is 18.8 Å². The van der Waals surface area contributed by atoms with E-state index in [1.807, 2.05) is 12.1 Å². The Hall–Kier alpha value is -1.02. The first kappa shape index (κ1) is 8.30. The van der Waals surface area contributed by atoms with Gasteiger partial charge in [-0.15, -0.1) is 0 Å². The van der Waals surface area contributed by atoms with Crippen molar-refractivity contribution in [3.8, 4) is 5.75 Å². The van der Waals surface area contributed by atoms with E-state index < -0.39 is 0 Å². The van der Waals surface area contributed by atoms with Crippen molar-refractivity contribution in [2.24, 2.45) is 5.92 Å². The summed E-state index contributed by atoms with van der Waals surface area (Å²) < 4.78 is 0. The summed E-state index contributed by atoms with van der Waals surface area (Å²) in [6.07, 6.45) is 2.38. The fraction of sp³-hybridized carbons (Fsp3) is 0.500. The van der Waals surface area contributed by atoms with Gasteiger partial charge in [-0.1, -0.05) is 12.1 Å². The molecule has 0 amide bonds. The summed E-state index contributed by atoms with van der Waals surface area (Å²) in [5.74, 6) is 1.82. The number of hydrogen-bond acceptors (Lipinski definition) is 2. The van der Waals surface area contributed by atoms with E-state index in [-0.39, 0.29) is 0 Å². The van der Waals surface area contributed by atoms with Crippen LogP contribution in [0.3, 0.4) is 0 Å². The van der Waals surface area contributed by atoms with Crippen LogP contribution in [0.1, 0.15) is 23.5 Å². The number of fused-ring (bicyclic) bond motifs is 4. The zero-order valence-electron chi connectivity index (χ0n) is 8.16. The number of rotatable bonds is 0. The molecule has 14 heavy (non-hydrogen) atoms. The molecule has 3 rings (SSSR count). The van der Waals surface area contributed by atoms with Crippen LogP contribution >= 0.6 is 0 Å². The van der Waals surface area contributed by atoms with Gasteiger partial charge in [-0.2, -0.15) is 0 Å². The fourth-order valence-electron chi connectivity index (χ4n) is 2.97. The molecule has 0 saturated carbocycles. The molecule has 1 heterocycles. The van der Waals surface area contributed by atoms with Crippen LogP contribution < -0.4 is 5.32 Å². The minimum absolute atomic E-state index is 0.495.